The highest BCUT2D eigenvalue weighted by Gasteiger charge is 2.12. The molecule has 1 heterocycles. The smallest absolute Gasteiger partial charge is 0.106 e. The third-order valence-electron chi connectivity index (χ3n) is 1.42. The minimum absolute atomic E-state index is 0.494. The van der Waals surface area contributed by atoms with Crippen LogP contribution < -0.4 is 10.6 Å². The van der Waals surface area contributed by atoms with E-state index < -0.39 is 0 Å². The van der Waals surface area contributed by atoms with Gasteiger partial charge in [-0.2, -0.15) is 0 Å². The first-order chi connectivity index (χ1) is 4.79. The van der Waals surface area contributed by atoms with Crippen LogP contribution in [0, 0.1) is 0 Å². The Morgan fingerprint density at radius 3 is 2.40 bits per heavy atom. The van der Waals surface area contributed by atoms with Crippen LogP contribution in [-0.4, -0.2) is 23.8 Å². The highest BCUT2D eigenvalue weighted by atomic mass is 32.2. The summed E-state index contributed by atoms with van der Waals surface area (Å²) in [5, 5.41) is 7.52. The highest BCUT2D eigenvalue weighted by molar-refractivity contribution is 8.00. The van der Waals surface area contributed by atoms with E-state index in [9.17, 15) is 0 Å². The van der Waals surface area contributed by atoms with E-state index in [0.29, 0.717) is 10.7 Å². The molecule has 0 radical (unpaired) electrons. The van der Waals surface area contributed by atoms with Crippen molar-refractivity contribution in [1.29, 1.82) is 0 Å². The molecular formula is C7H16N2S. The Balaban J connectivity index is 2.13. The zero-order valence-corrected chi connectivity index (χ0v) is 7.50. The first kappa shape index (κ1) is 8.37. The van der Waals surface area contributed by atoms with Gasteiger partial charge in [0.05, 0.1) is 0 Å². The van der Waals surface area contributed by atoms with Crippen molar-refractivity contribution in [3.8, 4) is 0 Å². The number of hydrogen-bond donors (Lipinski definition) is 2. The molecule has 1 aliphatic rings. The molecule has 60 valence electrons. The Morgan fingerprint density at radius 1 is 1.30 bits per heavy atom. The topological polar surface area (TPSA) is 24.1 Å². The third kappa shape index (κ3) is 2.90. The fourth-order valence-electron chi connectivity index (χ4n) is 0.995. The lowest BCUT2D eigenvalue weighted by molar-refractivity contribution is 0.464. The van der Waals surface area contributed by atoms with Crippen LogP contribution in [0.3, 0.4) is 0 Å². The summed E-state index contributed by atoms with van der Waals surface area (Å²) in [6.45, 7) is 6.78. The van der Waals surface area contributed by atoms with Gasteiger partial charge in [0.1, 0.15) is 5.50 Å². The maximum atomic E-state index is 3.40. The van der Waals surface area contributed by atoms with Crippen LogP contribution in [0.15, 0.2) is 0 Å². The lowest BCUT2D eigenvalue weighted by atomic mass is 10.4. The van der Waals surface area contributed by atoms with Crippen LogP contribution in [0.25, 0.3) is 0 Å². The van der Waals surface area contributed by atoms with Crippen molar-refractivity contribution in [3.05, 3.63) is 0 Å². The number of rotatable bonds is 2. The van der Waals surface area contributed by atoms with Crippen molar-refractivity contribution in [3.63, 3.8) is 0 Å². The van der Waals surface area contributed by atoms with Gasteiger partial charge in [0.15, 0.2) is 0 Å². The molecule has 3 heteroatoms. The Morgan fingerprint density at radius 2 is 1.90 bits per heavy atom. The molecule has 0 spiro atoms. The summed E-state index contributed by atoms with van der Waals surface area (Å²) in [5.74, 6) is 0. The van der Waals surface area contributed by atoms with E-state index in [-0.39, 0.29) is 0 Å². The van der Waals surface area contributed by atoms with Crippen molar-refractivity contribution >= 4 is 11.8 Å². The van der Waals surface area contributed by atoms with Crippen LogP contribution in [0.1, 0.15) is 20.3 Å². The number of thioether (sulfide) groups is 1. The third-order valence-corrected chi connectivity index (χ3v) is 2.57. The molecular weight excluding hydrogens is 144 g/mol. The van der Waals surface area contributed by atoms with Crippen LogP contribution in [0.5, 0.6) is 0 Å². The summed E-state index contributed by atoms with van der Waals surface area (Å²) in [7, 11) is 0. The van der Waals surface area contributed by atoms with Gasteiger partial charge < -0.3 is 0 Å². The first-order valence-electron chi connectivity index (χ1n) is 3.91. The summed E-state index contributed by atoms with van der Waals surface area (Å²) < 4.78 is 0. The highest BCUT2D eigenvalue weighted by Crippen LogP contribution is 2.13. The molecule has 0 saturated carbocycles. The molecule has 0 amide bonds. The zero-order chi connectivity index (χ0) is 7.40. The number of hydrogen-bond acceptors (Lipinski definition) is 3. The molecule has 10 heavy (non-hydrogen) atoms. The quantitative estimate of drug-likeness (QED) is 0.630. The monoisotopic (exact) mass is 160 g/mol. The SMILES string of the molecule is CC(C)SC1NCCCN1. The maximum absolute atomic E-state index is 3.40. The molecule has 1 rings (SSSR count). The van der Waals surface area contributed by atoms with E-state index in [1.807, 2.05) is 11.8 Å². The maximum Gasteiger partial charge on any atom is 0.106 e. The fraction of sp³-hybridized carbons (Fsp3) is 1.00. The Bertz CT molecular complexity index is 89.6. The predicted octanol–water partition coefficient (Wildman–Crippen LogP) is 0.994. The second-order valence-electron chi connectivity index (χ2n) is 2.83. The van der Waals surface area contributed by atoms with Gasteiger partial charge >= 0.3 is 0 Å². The van der Waals surface area contributed by atoms with Gasteiger partial charge in [-0.05, 0) is 19.5 Å². The molecule has 0 aliphatic carbocycles. The summed E-state index contributed by atoms with van der Waals surface area (Å²) in [6.07, 6.45) is 1.26. The molecule has 1 saturated heterocycles. The van der Waals surface area contributed by atoms with Crippen molar-refractivity contribution in [2.24, 2.45) is 0 Å². The first-order valence-corrected chi connectivity index (χ1v) is 4.85. The molecule has 2 nitrogen and oxygen atoms in total. The lowest BCUT2D eigenvalue weighted by Crippen LogP contribution is -2.46. The van der Waals surface area contributed by atoms with E-state index in [2.05, 4.69) is 24.5 Å². The summed E-state index contributed by atoms with van der Waals surface area (Å²) >= 11 is 1.95. The Labute approximate surface area is 67.1 Å². The molecule has 0 bridgehead atoms. The second kappa shape index (κ2) is 4.21. The molecule has 0 atom stereocenters. The van der Waals surface area contributed by atoms with Crippen LogP contribution in [-0.2, 0) is 0 Å². The van der Waals surface area contributed by atoms with Gasteiger partial charge in [-0.25, -0.2) is 0 Å². The molecule has 2 N–H and O–H groups in total. The normalized spacial score (nSPS) is 21.9. The van der Waals surface area contributed by atoms with Crippen molar-refractivity contribution in [1.82, 2.24) is 10.6 Å². The van der Waals surface area contributed by atoms with Gasteiger partial charge in [0.25, 0.3) is 0 Å². The minimum Gasteiger partial charge on any atom is -0.293 e. The molecule has 0 aromatic heterocycles. The Kier molecular flexibility index (Phi) is 3.52. The van der Waals surface area contributed by atoms with Gasteiger partial charge in [-0.15, -0.1) is 11.8 Å². The van der Waals surface area contributed by atoms with E-state index in [4.69, 9.17) is 0 Å². The summed E-state index contributed by atoms with van der Waals surface area (Å²) in [5.41, 5.74) is 0.494. The summed E-state index contributed by atoms with van der Waals surface area (Å²) in [6, 6.07) is 0. The lowest BCUT2D eigenvalue weighted by Gasteiger charge is -2.25. The zero-order valence-electron chi connectivity index (χ0n) is 6.68. The van der Waals surface area contributed by atoms with Gasteiger partial charge in [0, 0.05) is 5.25 Å². The Hall–Kier alpha value is 0.270. The van der Waals surface area contributed by atoms with Crippen molar-refractivity contribution < 1.29 is 0 Å². The second-order valence-corrected chi connectivity index (χ2v) is 4.51. The molecule has 0 aromatic rings. The molecule has 1 fully saturated rings. The largest absolute Gasteiger partial charge is 0.293 e. The van der Waals surface area contributed by atoms with E-state index >= 15 is 0 Å². The van der Waals surface area contributed by atoms with Crippen molar-refractivity contribution in [2.45, 2.75) is 31.0 Å². The van der Waals surface area contributed by atoms with Gasteiger partial charge in [0.2, 0.25) is 0 Å². The summed E-state index contributed by atoms with van der Waals surface area (Å²) in [4.78, 5) is 0. The van der Waals surface area contributed by atoms with Gasteiger partial charge in [-0.1, -0.05) is 13.8 Å². The minimum atomic E-state index is 0.494. The van der Waals surface area contributed by atoms with E-state index in [0.717, 1.165) is 13.1 Å². The number of nitrogens with one attached hydrogen (secondary N) is 2. The van der Waals surface area contributed by atoms with E-state index in [1.165, 1.54) is 6.42 Å². The van der Waals surface area contributed by atoms with Crippen LogP contribution in [0.4, 0.5) is 0 Å². The molecule has 0 aromatic carbocycles. The fourth-order valence-corrected chi connectivity index (χ4v) is 1.97. The van der Waals surface area contributed by atoms with Crippen LogP contribution >= 0.6 is 11.8 Å². The average molecular weight is 160 g/mol. The van der Waals surface area contributed by atoms with E-state index in [1.54, 1.807) is 0 Å². The molecule has 0 unspecified atom stereocenters. The molecule has 1 aliphatic heterocycles. The van der Waals surface area contributed by atoms with Gasteiger partial charge in [-0.3, -0.25) is 10.6 Å². The average Bonchev–Trinajstić information content (AvgIpc) is 1.88. The predicted molar refractivity (Wildman–Crippen MR) is 47.1 cm³/mol. The van der Waals surface area contributed by atoms with Crippen LogP contribution in [0.2, 0.25) is 0 Å². The standard InChI is InChI=1S/C7H16N2S/c1-6(2)10-7-8-4-3-5-9-7/h6-9H,3-5H2,1-2H3. The van der Waals surface area contributed by atoms with Crippen molar-refractivity contribution in [2.75, 3.05) is 13.1 Å².